The van der Waals surface area contributed by atoms with E-state index >= 15 is 0 Å². The Morgan fingerprint density at radius 3 is 1.92 bits per heavy atom. The van der Waals surface area contributed by atoms with Gasteiger partial charge in [-0.3, -0.25) is 0 Å². The van der Waals surface area contributed by atoms with Crippen molar-refractivity contribution in [3.05, 3.63) is 30.3 Å². The average Bonchev–Trinajstić information content (AvgIpc) is 2.21. The van der Waals surface area contributed by atoms with Crippen LogP contribution in [0.4, 0.5) is 0 Å². The first kappa shape index (κ1) is 12.0. The van der Waals surface area contributed by atoms with Gasteiger partial charge in [-0.2, -0.15) is 0 Å². The highest BCUT2D eigenvalue weighted by molar-refractivity contribution is 5.20. The van der Waals surface area contributed by atoms with Crippen LogP contribution < -0.4 is 4.74 Å². The summed E-state index contributed by atoms with van der Waals surface area (Å²) in [4.78, 5) is 0. The highest BCUT2D eigenvalue weighted by atomic mass is 16.5. The third-order valence-electron chi connectivity index (χ3n) is 1.39. The number of hydrogen-bond donors (Lipinski definition) is 0. The predicted molar refractivity (Wildman–Crippen MR) is 55.2 cm³/mol. The number of rotatable bonds is 3. The maximum absolute atomic E-state index is 4.91. The molecule has 0 bridgehead atoms. The maximum Gasteiger partial charge on any atom is 0.118 e. The Labute approximate surface area is 80.5 Å². The first-order valence-electron chi connectivity index (χ1n) is 4.43. The van der Waals surface area contributed by atoms with E-state index in [0.29, 0.717) is 0 Å². The lowest BCUT2D eigenvalue weighted by Crippen LogP contribution is -1.80. The summed E-state index contributed by atoms with van der Waals surface area (Å²) in [5.74, 6) is 0.910. The molecule has 0 saturated heterocycles. The second-order valence-corrected chi connectivity index (χ2v) is 2.51. The average molecular weight is 182 g/mol. The van der Waals surface area contributed by atoms with Gasteiger partial charge in [0.25, 0.3) is 0 Å². The SMILES string of the molecule is CCCOC.COc1ccccc1. The summed E-state index contributed by atoms with van der Waals surface area (Å²) >= 11 is 0. The highest BCUT2D eigenvalue weighted by Gasteiger charge is 1.80. The van der Waals surface area contributed by atoms with E-state index in [0.717, 1.165) is 18.8 Å². The molecule has 74 valence electrons. The highest BCUT2D eigenvalue weighted by Crippen LogP contribution is 2.05. The molecule has 0 spiro atoms. The van der Waals surface area contributed by atoms with Gasteiger partial charge in [-0.25, -0.2) is 0 Å². The van der Waals surface area contributed by atoms with Gasteiger partial charge in [0, 0.05) is 13.7 Å². The van der Waals surface area contributed by atoms with Crippen molar-refractivity contribution >= 4 is 0 Å². The topological polar surface area (TPSA) is 18.5 Å². The number of para-hydroxylation sites is 1. The lowest BCUT2D eigenvalue weighted by atomic mass is 10.3. The second kappa shape index (κ2) is 9.07. The van der Waals surface area contributed by atoms with Gasteiger partial charge in [0.1, 0.15) is 5.75 Å². The Hall–Kier alpha value is -1.02. The van der Waals surface area contributed by atoms with Crippen LogP contribution in [-0.4, -0.2) is 20.8 Å². The summed E-state index contributed by atoms with van der Waals surface area (Å²) in [6, 6.07) is 9.68. The van der Waals surface area contributed by atoms with Crippen molar-refractivity contribution in [3.63, 3.8) is 0 Å². The van der Waals surface area contributed by atoms with E-state index < -0.39 is 0 Å². The van der Waals surface area contributed by atoms with E-state index in [1.807, 2.05) is 30.3 Å². The van der Waals surface area contributed by atoms with Gasteiger partial charge in [0.2, 0.25) is 0 Å². The van der Waals surface area contributed by atoms with Crippen LogP contribution in [0.1, 0.15) is 13.3 Å². The van der Waals surface area contributed by atoms with Gasteiger partial charge in [0.05, 0.1) is 7.11 Å². The fourth-order valence-corrected chi connectivity index (χ4v) is 0.761. The van der Waals surface area contributed by atoms with Crippen LogP contribution in [0.5, 0.6) is 5.75 Å². The third-order valence-corrected chi connectivity index (χ3v) is 1.39. The van der Waals surface area contributed by atoms with Crippen molar-refractivity contribution in [2.24, 2.45) is 0 Å². The van der Waals surface area contributed by atoms with E-state index in [1.54, 1.807) is 14.2 Å². The molecule has 1 aromatic carbocycles. The Morgan fingerprint density at radius 1 is 1.08 bits per heavy atom. The number of methoxy groups -OCH3 is 2. The molecular formula is C11H18O2. The Morgan fingerprint density at radius 2 is 1.69 bits per heavy atom. The van der Waals surface area contributed by atoms with Crippen LogP contribution in [0.2, 0.25) is 0 Å². The van der Waals surface area contributed by atoms with Crippen molar-refractivity contribution in [1.29, 1.82) is 0 Å². The molecule has 0 radical (unpaired) electrons. The van der Waals surface area contributed by atoms with Gasteiger partial charge in [-0.15, -0.1) is 0 Å². The quantitative estimate of drug-likeness (QED) is 0.715. The second-order valence-electron chi connectivity index (χ2n) is 2.51. The standard InChI is InChI=1S/C7H8O.C4H10O/c1-8-7-5-3-2-4-6-7;1-3-4-5-2/h2-6H,1H3;3-4H2,1-2H3. The molecule has 0 aliphatic carbocycles. The van der Waals surface area contributed by atoms with Crippen molar-refractivity contribution in [1.82, 2.24) is 0 Å². The number of ether oxygens (including phenoxy) is 2. The van der Waals surface area contributed by atoms with Crippen LogP contribution in [0.15, 0.2) is 30.3 Å². The molecule has 0 atom stereocenters. The van der Waals surface area contributed by atoms with Crippen LogP contribution >= 0.6 is 0 Å². The molecular weight excluding hydrogens is 164 g/mol. The summed E-state index contributed by atoms with van der Waals surface area (Å²) in [6.45, 7) is 2.98. The van der Waals surface area contributed by atoms with Crippen LogP contribution in [0, 0.1) is 0 Å². The van der Waals surface area contributed by atoms with E-state index in [1.165, 1.54) is 0 Å². The lowest BCUT2D eigenvalue weighted by molar-refractivity contribution is 0.199. The van der Waals surface area contributed by atoms with Gasteiger partial charge >= 0.3 is 0 Å². The molecule has 0 aliphatic heterocycles. The summed E-state index contributed by atoms with van der Waals surface area (Å²) in [7, 11) is 3.37. The van der Waals surface area contributed by atoms with Crippen LogP contribution in [-0.2, 0) is 4.74 Å². The molecule has 2 nitrogen and oxygen atoms in total. The monoisotopic (exact) mass is 182 g/mol. The molecule has 1 aromatic rings. The summed E-state index contributed by atoms with van der Waals surface area (Å²) in [5.41, 5.74) is 0. The summed E-state index contributed by atoms with van der Waals surface area (Å²) < 4.78 is 9.61. The zero-order valence-electron chi connectivity index (χ0n) is 8.62. The van der Waals surface area contributed by atoms with Gasteiger partial charge in [0.15, 0.2) is 0 Å². The first-order chi connectivity index (χ1) is 6.35. The molecule has 0 saturated carbocycles. The van der Waals surface area contributed by atoms with Gasteiger partial charge < -0.3 is 9.47 Å². The van der Waals surface area contributed by atoms with E-state index in [-0.39, 0.29) is 0 Å². The minimum atomic E-state index is 0.889. The lowest BCUT2D eigenvalue weighted by Gasteiger charge is -1.93. The Kier molecular flexibility index (Phi) is 8.36. The Balaban J connectivity index is 0.000000252. The van der Waals surface area contributed by atoms with E-state index in [9.17, 15) is 0 Å². The minimum absolute atomic E-state index is 0.889. The molecule has 0 aromatic heterocycles. The van der Waals surface area contributed by atoms with Gasteiger partial charge in [-0.1, -0.05) is 25.1 Å². The fourth-order valence-electron chi connectivity index (χ4n) is 0.761. The van der Waals surface area contributed by atoms with Crippen molar-refractivity contribution < 1.29 is 9.47 Å². The Bertz CT molecular complexity index is 183. The van der Waals surface area contributed by atoms with Crippen LogP contribution in [0.25, 0.3) is 0 Å². The predicted octanol–water partition coefficient (Wildman–Crippen LogP) is 2.74. The smallest absolute Gasteiger partial charge is 0.118 e. The van der Waals surface area contributed by atoms with Gasteiger partial charge in [-0.05, 0) is 18.6 Å². The first-order valence-corrected chi connectivity index (χ1v) is 4.43. The van der Waals surface area contributed by atoms with E-state index in [2.05, 4.69) is 6.92 Å². The number of hydrogen-bond acceptors (Lipinski definition) is 2. The zero-order valence-corrected chi connectivity index (χ0v) is 8.62. The fraction of sp³-hybridized carbons (Fsp3) is 0.455. The maximum atomic E-state index is 4.91. The van der Waals surface area contributed by atoms with Crippen molar-refractivity contribution in [2.45, 2.75) is 13.3 Å². The number of benzene rings is 1. The summed E-state index contributed by atoms with van der Waals surface area (Å²) in [5, 5.41) is 0. The molecule has 0 amide bonds. The molecule has 13 heavy (non-hydrogen) atoms. The molecule has 0 unspecified atom stereocenters. The van der Waals surface area contributed by atoms with Crippen LogP contribution in [0.3, 0.4) is 0 Å². The molecule has 1 rings (SSSR count). The molecule has 0 aliphatic rings. The summed E-state index contributed by atoms with van der Waals surface area (Å²) in [6.07, 6.45) is 1.12. The largest absolute Gasteiger partial charge is 0.497 e. The van der Waals surface area contributed by atoms with Crippen molar-refractivity contribution in [3.8, 4) is 5.75 Å². The zero-order chi connectivity index (χ0) is 9.94. The normalized spacial score (nSPS) is 8.54. The minimum Gasteiger partial charge on any atom is -0.497 e. The molecule has 0 N–H and O–H groups in total. The molecule has 0 heterocycles. The third kappa shape index (κ3) is 7.34. The van der Waals surface area contributed by atoms with E-state index in [4.69, 9.17) is 9.47 Å². The van der Waals surface area contributed by atoms with Crippen molar-refractivity contribution in [2.75, 3.05) is 20.8 Å². The molecule has 0 fully saturated rings. The molecule has 2 heteroatoms.